The summed E-state index contributed by atoms with van der Waals surface area (Å²) in [6, 6.07) is 0.648. The lowest BCUT2D eigenvalue weighted by molar-refractivity contribution is 0.197. The van der Waals surface area contributed by atoms with Crippen LogP contribution in [0, 0.1) is 6.92 Å². The molecule has 19 heavy (non-hydrogen) atoms. The summed E-state index contributed by atoms with van der Waals surface area (Å²) in [6.45, 7) is 8.91. The molecule has 1 aromatic heterocycles. The molecule has 1 aliphatic rings. The molecule has 1 aliphatic heterocycles. The normalized spacial score (nSPS) is 18.1. The number of halogens is 1. The number of aryl methyl sites for hydroxylation is 2. The van der Waals surface area contributed by atoms with Crippen LogP contribution in [0.15, 0.2) is 4.47 Å². The van der Waals surface area contributed by atoms with E-state index in [4.69, 9.17) is 0 Å². The summed E-state index contributed by atoms with van der Waals surface area (Å²) in [4.78, 5) is 2.57. The Hall–Kier alpha value is -0.390. The molecule has 0 aliphatic carbocycles. The van der Waals surface area contributed by atoms with E-state index in [0.29, 0.717) is 6.04 Å². The van der Waals surface area contributed by atoms with Crippen LogP contribution in [-0.4, -0.2) is 40.4 Å². The number of hydrogen-bond donors (Lipinski definition) is 1. The van der Waals surface area contributed by atoms with E-state index in [1.165, 1.54) is 44.6 Å². The molecule has 0 amide bonds. The molecule has 0 atom stereocenters. The lowest BCUT2D eigenvalue weighted by Gasteiger charge is -2.32. The first kappa shape index (κ1) is 15.0. The standard InChI is InChI=1S/C14H25BrN4/c1-4-7-19-8-5-12(6-9-19)16-10-13-14(15)11(2)17-18(13)3/h12,16H,4-10H2,1-3H3. The van der Waals surface area contributed by atoms with Crippen LogP contribution in [0.2, 0.25) is 0 Å². The van der Waals surface area contributed by atoms with Gasteiger partial charge in [0.05, 0.1) is 15.9 Å². The van der Waals surface area contributed by atoms with Crippen LogP contribution in [0.5, 0.6) is 0 Å². The second-order valence-electron chi connectivity index (χ2n) is 5.47. The highest BCUT2D eigenvalue weighted by molar-refractivity contribution is 9.10. The Kier molecular flexibility index (Phi) is 5.42. The highest BCUT2D eigenvalue weighted by Crippen LogP contribution is 2.20. The van der Waals surface area contributed by atoms with Gasteiger partial charge in [0.2, 0.25) is 0 Å². The Labute approximate surface area is 124 Å². The lowest BCUT2D eigenvalue weighted by Crippen LogP contribution is -2.42. The molecule has 0 radical (unpaired) electrons. The van der Waals surface area contributed by atoms with E-state index in [2.05, 4.69) is 38.2 Å². The van der Waals surface area contributed by atoms with E-state index in [1.54, 1.807) is 0 Å². The smallest absolute Gasteiger partial charge is 0.0739 e. The van der Waals surface area contributed by atoms with Crippen molar-refractivity contribution in [1.29, 1.82) is 0 Å². The van der Waals surface area contributed by atoms with Gasteiger partial charge in [-0.25, -0.2) is 0 Å². The molecule has 2 heterocycles. The molecule has 1 aromatic rings. The van der Waals surface area contributed by atoms with Gasteiger partial charge in [0.25, 0.3) is 0 Å². The lowest BCUT2D eigenvalue weighted by atomic mass is 10.0. The number of rotatable bonds is 5. The molecular formula is C14H25BrN4. The minimum atomic E-state index is 0.648. The van der Waals surface area contributed by atoms with Gasteiger partial charge in [0, 0.05) is 19.6 Å². The molecule has 0 aromatic carbocycles. The monoisotopic (exact) mass is 328 g/mol. The van der Waals surface area contributed by atoms with Crippen molar-refractivity contribution in [3.8, 4) is 0 Å². The predicted octanol–water partition coefficient (Wildman–Crippen LogP) is 2.46. The van der Waals surface area contributed by atoms with Gasteiger partial charge in [-0.3, -0.25) is 4.68 Å². The summed E-state index contributed by atoms with van der Waals surface area (Å²) in [5, 5.41) is 8.11. The van der Waals surface area contributed by atoms with Crippen LogP contribution in [0.3, 0.4) is 0 Å². The van der Waals surface area contributed by atoms with Crippen molar-refractivity contribution in [1.82, 2.24) is 20.0 Å². The molecule has 5 heteroatoms. The number of likely N-dealkylation sites (tertiary alicyclic amines) is 1. The fourth-order valence-corrected chi connectivity index (χ4v) is 3.27. The van der Waals surface area contributed by atoms with E-state index in [9.17, 15) is 0 Å². The third-order valence-electron chi connectivity index (χ3n) is 3.95. The van der Waals surface area contributed by atoms with Crippen molar-refractivity contribution in [3.05, 3.63) is 15.9 Å². The van der Waals surface area contributed by atoms with E-state index >= 15 is 0 Å². The van der Waals surface area contributed by atoms with Gasteiger partial charge in [-0.1, -0.05) is 6.92 Å². The molecular weight excluding hydrogens is 304 g/mol. The highest BCUT2D eigenvalue weighted by atomic mass is 79.9. The Balaban J connectivity index is 1.80. The maximum Gasteiger partial charge on any atom is 0.0739 e. The van der Waals surface area contributed by atoms with Crippen molar-refractivity contribution in [2.24, 2.45) is 7.05 Å². The zero-order valence-electron chi connectivity index (χ0n) is 12.2. The molecule has 1 N–H and O–H groups in total. The minimum absolute atomic E-state index is 0.648. The molecule has 2 rings (SSSR count). The summed E-state index contributed by atoms with van der Waals surface area (Å²) in [5.41, 5.74) is 2.31. The Morgan fingerprint density at radius 1 is 1.37 bits per heavy atom. The molecule has 0 bridgehead atoms. The summed E-state index contributed by atoms with van der Waals surface area (Å²) < 4.78 is 3.12. The van der Waals surface area contributed by atoms with Crippen molar-refractivity contribution < 1.29 is 0 Å². The maximum absolute atomic E-state index is 4.43. The maximum atomic E-state index is 4.43. The SMILES string of the molecule is CCCN1CCC(NCc2c(Br)c(C)nn2C)CC1. The van der Waals surface area contributed by atoms with E-state index in [-0.39, 0.29) is 0 Å². The molecule has 0 saturated carbocycles. The Morgan fingerprint density at radius 2 is 2.05 bits per heavy atom. The third-order valence-corrected chi connectivity index (χ3v) is 4.98. The number of hydrogen-bond acceptors (Lipinski definition) is 3. The Morgan fingerprint density at radius 3 is 2.58 bits per heavy atom. The van der Waals surface area contributed by atoms with E-state index in [0.717, 1.165) is 16.7 Å². The van der Waals surface area contributed by atoms with Crippen molar-refractivity contribution in [2.75, 3.05) is 19.6 Å². The first-order chi connectivity index (χ1) is 9.11. The largest absolute Gasteiger partial charge is 0.308 e. The van der Waals surface area contributed by atoms with Crippen LogP contribution in [0.1, 0.15) is 37.6 Å². The van der Waals surface area contributed by atoms with Crippen molar-refractivity contribution >= 4 is 15.9 Å². The first-order valence-electron chi connectivity index (χ1n) is 7.25. The minimum Gasteiger partial charge on any atom is -0.308 e. The summed E-state index contributed by atoms with van der Waals surface area (Å²) in [5.74, 6) is 0. The van der Waals surface area contributed by atoms with Crippen LogP contribution in [0.25, 0.3) is 0 Å². The molecule has 0 unspecified atom stereocenters. The van der Waals surface area contributed by atoms with Crippen molar-refractivity contribution in [2.45, 2.75) is 45.7 Å². The van der Waals surface area contributed by atoms with Gasteiger partial charge >= 0.3 is 0 Å². The number of aromatic nitrogens is 2. The van der Waals surface area contributed by atoms with E-state index < -0.39 is 0 Å². The van der Waals surface area contributed by atoms with Crippen LogP contribution >= 0.6 is 15.9 Å². The second kappa shape index (κ2) is 6.86. The molecule has 1 saturated heterocycles. The number of piperidine rings is 1. The topological polar surface area (TPSA) is 33.1 Å². The fraction of sp³-hybridized carbons (Fsp3) is 0.786. The molecule has 4 nitrogen and oxygen atoms in total. The highest BCUT2D eigenvalue weighted by Gasteiger charge is 2.19. The third kappa shape index (κ3) is 3.80. The molecule has 1 fully saturated rings. The van der Waals surface area contributed by atoms with E-state index in [1.807, 2.05) is 18.7 Å². The molecule has 108 valence electrons. The predicted molar refractivity (Wildman–Crippen MR) is 82.2 cm³/mol. The van der Waals surface area contributed by atoms with Gasteiger partial charge in [-0.2, -0.15) is 5.10 Å². The quantitative estimate of drug-likeness (QED) is 0.901. The summed E-state index contributed by atoms with van der Waals surface area (Å²) in [6.07, 6.45) is 3.78. The average molecular weight is 329 g/mol. The zero-order chi connectivity index (χ0) is 13.8. The van der Waals surface area contributed by atoms with Gasteiger partial charge in [-0.05, 0) is 61.8 Å². The van der Waals surface area contributed by atoms with Gasteiger partial charge in [0.15, 0.2) is 0 Å². The molecule has 0 spiro atoms. The number of nitrogens with zero attached hydrogens (tertiary/aromatic N) is 3. The summed E-state index contributed by atoms with van der Waals surface area (Å²) in [7, 11) is 2.01. The van der Waals surface area contributed by atoms with Crippen LogP contribution in [0.4, 0.5) is 0 Å². The fourth-order valence-electron chi connectivity index (χ4n) is 2.79. The zero-order valence-corrected chi connectivity index (χ0v) is 13.8. The van der Waals surface area contributed by atoms with Gasteiger partial charge in [0.1, 0.15) is 0 Å². The van der Waals surface area contributed by atoms with Crippen molar-refractivity contribution in [3.63, 3.8) is 0 Å². The van der Waals surface area contributed by atoms with Crippen LogP contribution < -0.4 is 5.32 Å². The Bertz CT molecular complexity index is 408. The number of nitrogens with one attached hydrogen (secondary N) is 1. The summed E-state index contributed by atoms with van der Waals surface area (Å²) >= 11 is 3.62. The van der Waals surface area contributed by atoms with Gasteiger partial charge in [-0.15, -0.1) is 0 Å². The average Bonchev–Trinajstić information content (AvgIpc) is 2.64. The second-order valence-corrected chi connectivity index (χ2v) is 6.26. The van der Waals surface area contributed by atoms with Crippen LogP contribution in [-0.2, 0) is 13.6 Å². The van der Waals surface area contributed by atoms with Gasteiger partial charge < -0.3 is 10.2 Å². The first-order valence-corrected chi connectivity index (χ1v) is 8.04.